The Morgan fingerprint density at radius 2 is 1.60 bits per heavy atom. The molecular formula is C23H24N4O3. The highest BCUT2D eigenvalue weighted by Crippen LogP contribution is 2.29. The Kier molecular flexibility index (Phi) is 4.75. The average Bonchev–Trinajstić information content (AvgIpc) is 3.25. The summed E-state index contributed by atoms with van der Waals surface area (Å²) in [5.41, 5.74) is 2.63. The van der Waals surface area contributed by atoms with Crippen molar-refractivity contribution < 1.29 is 9.59 Å². The van der Waals surface area contributed by atoms with Gasteiger partial charge in [-0.05, 0) is 30.5 Å². The molecule has 2 fully saturated rings. The summed E-state index contributed by atoms with van der Waals surface area (Å²) in [6.07, 6.45) is 1.79. The first kappa shape index (κ1) is 18.8. The number of rotatable bonds is 4. The van der Waals surface area contributed by atoms with E-state index in [2.05, 4.69) is 9.88 Å². The molecule has 0 radical (unpaired) electrons. The smallest absolute Gasteiger partial charge is 0.306 e. The summed E-state index contributed by atoms with van der Waals surface area (Å²) in [4.78, 5) is 44.4. The summed E-state index contributed by atoms with van der Waals surface area (Å²) in [6.45, 7) is 1.72. The average molecular weight is 404 g/mol. The van der Waals surface area contributed by atoms with Crippen LogP contribution in [0.2, 0.25) is 0 Å². The van der Waals surface area contributed by atoms with E-state index in [1.54, 1.807) is 0 Å². The third kappa shape index (κ3) is 3.25. The molecule has 2 aliphatic rings. The van der Waals surface area contributed by atoms with Gasteiger partial charge in [-0.15, -0.1) is 0 Å². The number of nitrogens with zero attached hydrogens (tertiary/aromatic N) is 3. The van der Waals surface area contributed by atoms with Crippen molar-refractivity contribution in [3.05, 3.63) is 70.6 Å². The summed E-state index contributed by atoms with van der Waals surface area (Å²) >= 11 is 0. The zero-order valence-electron chi connectivity index (χ0n) is 16.7. The van der Waals surface area contributed by atoms with Gasteiger partial charge in [0.15, 0.2) is 0 Å². The van der Waals surface area contributed by atoms with Gasteiger partial charge in [0.05, 0.1) is 30.0 Å². The molecular weight excluding hydrogens is 380 g/mol. The Balaban J connectivity index is 1.28. The molecule has 7 heteroatoms. The fraction of sp³-hybridized carbons (Fsp3) is 0.348. The van der Waals surface area contributed by atoms with Crippen molar-refractivity contribution in [3.8, 4) is 0 Å². The van der Waals surface area contributed by atoms with Crippen molar-refractivity contribution in [2.24, 2.45) is 0 Å². The molecule has 154 valence electrons. The van der Waals surface area contributed by atoms with Gasteiger partial charge in [0, 0.05) is 19.1 Å². The quantitative estimate of drug-likeness (QED) is 0.677. The van der Waals surface area contributed by atoms with Crippen LogP contribution >= 0.6 is 0 Å². The molecule has 2 amide bonds. The van der Waals surface area contributed by atoms with Gasteiger partial charge in [-0.2, -0.15) is 0 Å². The van der Waals surface area contributed by atoms with E-state index in [-0.39, 0.29) is 36.0 Å². The number of aromatic nitrogens is 2. The van der Waals surface area contributed by atoms with Crippen LogP contribution in [-0.4, -0.2) is 50.3 Å². The first-order valence-electron chi connectivity index (χ1n) is 10.4. The summed E-state index contributed by atoms with van der Waals surface area (Å²) in [5, 5.41) is 0. The number of hydrogen-bond donors (Lipinski definition) is 1. The number of carbonyl (C=O) groups excluding carboxylic acids is 2. The molecule has 0 aliphatic carbocycles. The van der Waals surface area contributed by atoms with E-state index in [4.69, 9.17) is 0 Å². The van der Waals surface area contributed by atoms with Gasteiger partial charge in [-0.3, -0.25) is 24.0 Å². The minimum atomic E-state index is -0.387. The second-order valence-corrected chi connectivity index (χ2v) is 8.11. The third-order valence-electron chi connectivity index (χ3n) is 6.33. The summed E-state index contributed by atoms with van der Waals surface area (Å²) in [7, 11) is 0. The number of carbonyl (C=O) groups is 2. The van der Waals surface area contributed by atoms with E-state index in [9.17, 15) is 14.4 Å². The molecule has 2 saturated heterocycles. The molecule has 3 aromatic rings. The maximum atomic E-state index is 13.0. The molecule has 2 aromatic carbocycles. The number of imide groups is 1. The van der Waals surface area contributed by atoms with Crippen molar-refractivity contribution >= 4 is 22.8 Å². The summed E-state index contributed by atoms with van der Waals surface area (Å²) in [6, 6.07) is 17.0. The van der Waals surface area contributed by atoms with E-state index in [1.165, 1.54) is 4.90 Å². The topological polar surface area (TPSA) is 78.4 Å². The molecule has 3 heterocycles. The number of hydrogen-bond acceptors (Lipinski definition) is 4. The van der Waals surface area contributed by atoms with Gasteiger partial charge in [-0.25, -0.2) is 4.79 Å². The van der Waals surface area contributed by atoms with Gasteiger partial charge in [0.2, 0.25) is 11.8 Å². The van der Waals surface area contributed by atoms with E-state index in [1.807, 2.05) is 59.2 Å². The molecule has 1 N–H and O–H groups in total. The normalized spacial score (nSPS) is 21.1. The lowest BCUT2D eigenvalue weighted by Crippen LogP contribution is -2.46. The number of piperidine rings is 1. The number of fused-ring (bicyclic) bond motifs is 1. The number of nitrogens with one attached hydrogen (secondary N) is 1. The number of imidazole rings is 1. The van der Waals surface area contributed by atoms with E-state index >= 15 is 0 Å². The predicted molar refractivity (Wildman–Crippen MR) is 113 cm³/mol. The van der Waals surface area contributed by atoms with Crippen LogP contribution in [0, 0.1) is 0 Å². The van der Waals surface area contributed by atoms with Crippen LogP contribution < -0.4 is 5.69 Å². The number of amides is 2. The fourth-order valence-corrected chi connectivity index (χ4v) is 4.78. The van der Waals surface area contributed by atoms with Crippen LogP contribution in [0.4, 0.5) is 0 Å². The Morgan fingerprint density at radius 3 is 2.37 bits per heavy atom. The lowest BCUT2D eigenvalue weighted by molar-refractivity contribution is -0.140. The van der Waals surface area contributed by atoms with E-state index < -0.39 is 0 Å². The Bertz CT molecular complexity index is 1140. The van der Waals surface area contributed by atoms with Gasteiger partial charge in [-0.1, -0.05) is 42.5 Å². The molecule has 30 heavy (non-hydrogen) atoms. The molecule has 0 spiro atoms. The number of para-hydroxylation sites is 2. The molecule has 0 bridgehead atoms. The van der Waals surface area contributed by atoms with Gasteiger partial charge >= 0.3 is 5.69 Å². The second kappa shape index (κ2) is 7.57. The number of benzene rings is 2. The Morgan fingerprint density at radius 1 is 0.900 bits per heavy atom. The molecule has 0 saturated carbocycles. The van der Waals surface area contributed by atoms with Crippen LogP contribution in [0.3, 0.4) is 0 Å². The SMILES string of the molecule is O=C1C[C@@H](N2CCC(n3c(=O)[nH]c4ccccc43)CC2)C(=O)N1Cc1ccccc1. The maximum absolute atomic E-state index is 13.0. The standard InChI is InChI=1S/C23H24N4O3/c28-21-14-20(22(29)26(21)15-16-6-2-1-3-7-16)25-12-10-17(11-13-25)27-19-9-5-4-8-18(19)24-23(27)30/h1-9,17,20H,10-15H2,(H,24,30)/t20-/m1/s1. The highest BCUT2D eigenvalue weighted by Gasteiger charge is 2.42. The fourth-order valence-electron chi connectivity index (χ4n) is 4.78. The van der Waals surface area contributed by atoms with Crippen LogP contribution in [0.1, 0.15) is 30.9 Å². The van der Waals surface area contributed by atoms with Crippen LogP contribution in [0.15, 0.2) is 59.4 Å². The second-order valence-electron chi connectivity index (χ2n) is 8.11. The molecule has 7 nitrogen and oxygen atoms in total. The minimum absolute atomic E-state index is 0.0872. The Hall–Kier alpha value is -3.19. The summed E-state index contributed by atoms with van der Waals surface area (Å²) < 4.78 is 1.84. The maximum Gasteiger partial charge on any atom is 0.326 e. The minimum Gasteiger partial charge on any atom is -0.306 e. The van der Waals surface area contributed by atoms with E-state index in [0.29, 0.717) is 19.6 Å². The van der Waals surface area contributed by atoms with E-state index in [0.717, 1.165) is 29.4 Å². The van der Waals surface area contributed by atoms with Crippen molar-refractivity contribution in [3.63, 3.8) is 0 Å². The lowest BCUT2D eigenvalue weighted by Gasteiger charge is -2.35. The molecule has 0 unspecified atom stereocenters. The number of aromatic amines is 1. The van der Waals surface area contributed by atoms with Crippen molar-refractivity contribution in [1.29, 1.82) is 0 Å². The van der Waals surface area contributed by atoms with Crippen LogP contribution in [0.5, 0.6) is 0 Å². The number of H-pyrrole nitrogens is 1. The first-order chi connectivity index (χ1) is 14.6. The van der Waals surface area contributed by atoms with Gasteiger partial charge < -0.3 is 4.98 Å². The molecule has 2 aliphatic heterocycles. The highest BCUT2D eigenvalue weighted by atomic mass is 16.2. The first-order valence-corrected chi connectivity index (χ1v) is 10.4. The monoisotopic (exact) mass is 404 g/mol. The van der Waals surface area contributed by atoms with Crippen LogP contribution in [0.25, 0.3) is 11.0 Å². The highest BCUT2D eigenvalue weighted by molar-refractivity contribution is 6.05. The molecule has 1 aromatic heterocycles. The van der Waals surface area contributed by atoms with Crippen molar-refractivity contribution in [2.45, 2.75) is 37.9 Å². The molecule has 5 rings (SSSR count). The molecule has 1 atom stereocenters. The zero-order valence-corrected chi connectivity index (χ0v) is 16.7. The summed E-state index contributed by atoms with van der Waals surface area (Å²) in [5.74, 6) is -0.213. The third-order valence-corrected chi connectivity index (χ3v) is 6.33. The zero-order chi connectivity index (χ0) is 20.7. The lowest BCUT2D eigenvalue weighted by atomic mass is 10.0. The van der Waals surface area contributed by atoms with Gasteiger partial charge in [0.1, 0.15) is 0 Å². The van der Waals surface area contributed by atoms with Crippen molar-refractivity contribution in [1.82, 2.24) is 19.4 Å². The van der Waals surface area contributed by atoms with Crippen molar-refractivity contribution in [2.75, 3.05) is 13.1 Å². The predicted octanol–water partition coefficient (Wildman–Crippen LogP) is 2.29. The largest absolute Gasteiger partial charge is 0.326 e. The Labute approximate surface area is 173 Å². The van der Waals surface area contributed by atoms with Crippen LogP contribution in [-0.2, 0) is 16.1 Å². The van der Waals surface area contributed by atoms with Gasteiger partial charge in [0.25, 0.3) is 0 Å². The number of likely N-dealkylation sites (tertiary alicyclic amines) is 2.